The number of hydrogen-bond acceptors (Lipinski definition) is 4. The summed E-state index contributed by atoms with van der Waals surface area (Å²) in [7, 11) is 0. The molecule has 0 unspecified atom stereocenters. The van der Waals surface area contributed by atoms with Gasteiger partial charge in [0, 0.05) is 5.56 Å². The highest BCUT2D eigenvalue weighted by Gasteiger charge is 2.15. The quantitative estimate of drug-likeness (QED) is 0.674. The molecule has 1 heterocycles. The molecule has 0 aliphatic carbocycles. The topological polar surface area (TPSA) is 93.8 Å². The van der Waals surface area contributed by atoms with Crippen molar-refractivity contribution in [2.45, 2.75) is 6.92 Å². The molecule has 4 N–H and O–H groups in total. The second kappa shape index (κ2) is 3.77. The van der Waals surface area contributed by atoms with Crippen LogP contribution in [0.15, 0.2) is 28.2 Å². The van der Waals surface area contributed by atoms with Crippen molar-refractivity contribution in [1.82, 2.24) is 0 Å². The number of nitrogen functional groups attached to an aromatic ring is 2. The van der Waals surface area contributed by atoms with E-state index >= 15 is 0 Å². The SMILES string of the molecule is CC1=NC(=O)CN=C1c1ccc(N)c(N)c1. The fourth-order valence-corrected chi connectivity index (χ4v) is 1.56. The summed E-state index contributed by atoms with van der Waals surface area (Å²) in [6.07, 6.45) is 0. The summed E-state index contributed by atoms with van der Waals surface area (Å²) in [5.74, 6) is -0.218. The van der Waals surface area contributed by atoms with E-state index in [9.17, 15) is 4.79 Å². The first-order valence-corrected chi connectivity index (χ1v) is 4.86. The maximum Gasteiger partial charge on any atom is 0.267 e. The zero-order chi connectivity index (χ0) is 11.7. The van der Waals surface area contributed by atoms with Crippen LogP contribution in [0, 0.1) is 0 Å². The van der Waals surface area contributed by atoms with Crippen molar-refractivity contribution in [3.8, 4) is 0 Å². The zero-order valence-corrected chi connectivity index (χ0v) is 8.90. The van der Waals surface area contributed by atoms with E-state index in [1.165, 1.54) is 0 Å². The number of benzene rings is 1. The van der Waals surface area contributed by atoms with Crippen LogP contribution in [0.5, 0.6) is 0 Å². The van der Waals surface area contributed by atoms with Gasteiger partial charge in [0.15, 0.2) is 0 Å². The molecule has 1 aromatic carbocycles. The van der Waals surface area contributed by atoms with Crippen LogP contribution >= 0.6 is 0 Å². The molecule has 0 bridgehead atoms. The highest BCUT2D eigenvalue weighted by atomic mass is 16.1. The summed E-state index contributed by atoms with van der Waals surface area (Å²) >= 11 is 0. The van der Waals surface area contributed by atoms with Gasteiger partial charge in [0.1, 0.15) is 6.54 Å². The molecule has 1 aliphatic heterocycles. The minimum atomic E-state index is -0.218. The number of carbonyl (C=O) groups is 1. The number of rotatable bonds is 1. The van der Waals surface area contributed by atoms with Crippen LogP contribution in [-0.4, -0.2) is 23.9 Å². The molecule has 0 saturated carbocycles. The van der Waals surface area contributed by atoms with Crippen LogP contribution in [0.3, 0.4) is 0 Å². The predicted molar refractivity (Wildman–Crippen MR) is 64.8 cm³/mol. The van der Waals surface area contributed by atoms with E-state index in [-0.39, 0.29) is 12.5 Å². The summed E-state index contributed by atoms with van der Waals surface area (Å²) in [6, 6.07) is 5.28. The lowest BCUT2D eigenvalue weighted by atomic mass is 10.0. The normalized spacial score (nSPS) is 15.7. The molecule has 0 saturated heterocycles. The number of nitrogens with zero attached hydrogens (tertiary/aromatic N) is 2. The van der Waals surface area contributed by atoms with Crippen LogP contribution < -0.4 is 11.5 Å². The Labute approximate surface area is 92.9 Å². The van der Waals surface area contributed by atoms with Gasteiger partial charge < -0.3 is 11.5 Å². The standard InChI is InChI=1S/C11H12N4O/c1-6-11(14-5-10(16)15-6)7-2-3-8(12)9(13)4-7/h2-4H,5,12-13H2,1H3. The molecule has 82 valence electrons. The third-order valence-electron chi connectivity index (χ3n) is 2.37. The van der Waals surface area contributed by atoms with E-state index in [1.807, 2.05) is 6.07 Å². The Bertz CT molecular complexity index is 517. The van der Waals surface area contributed by atoms with Gasteiger partial charge in [0.25, 0.3) is 5.91 Å². The summed E-state index contributed by atoms with van der Waals surface area (Å²) in [5, 5.41) is 0. The first-order chi connectivity index (χ1) is 7.58. The number of aliphatic imine (C=N–C) groups is 2. The van der Waals surface area contributed by atoms with Crippen LogP contribution in [0.1, 0.15) is 12.5 Å². The predicted octanol–water partition coefficient (Wildman–Crippen LogP) is 0.641. The first kappa shape index (κ1) is 10.4. The molecular weight excluding hydrogens is 204 g/mol. The molecule has 0 atom stereocenters. The molecule has 0 spiro atoms. The lowest BCUT2D eigenvalue weighted by Crippen LogP contribution is -2.21. The van der Waals surface area contributed by atoms with Crippen molar-refractivity contribution < 1.29 is 4.79 Å². The molecule has 5 nitrogen and oxygen atoms in total. The van der Waals surface area contributed by atoms with Gasteiger partial charge in [-0.2, -0.15) is 0 Å². The second-order valence-electron chi connectivity index (χ2n) is 3.60. The third-order valence-corrected chi connectivity index (χ3v) is 2.37. The van der Waals surface area contributed by atoms with Crippen LogP contribution in [0.25, 0.3) is 0 Å². The van der Waals surface area contributed by atoms with Crippen molar-refractivity contribution in [1.29, 1.82) is 0 Å². The van der Waals surface area contributed by atoms with Gasteiger partial charge in [-0.15, -0.1) is 0 Å². The molecule has 1 aromatic rings. The van der Waals surface area contributed by atoms with Crippen molar-refractivity contribution in [3.05, 3.63) is 23.8 Å². The van der Waals surface area contributed by atoms with Crippen LogP contribution in [0.2, 0.25) is 0 Å². The van der Waals surface area contributed by atoms with E-state index in [4.69, 9.17) is 11.5 Å². The minimum absolute atomic E-state index is 0.0942. The highest BCUT2D eigenvalue weighted by molar-refractivity contribution is 6.49. The monoisotopic (exact) mass is 216 g/mol. The zero-order valence-electron chi connectivity index (χ0n) is 8.90. The number of nitrogens with two attached hydrogens (primary N) is 2. The van der Waals surface area contributed by atoms with E-state index in [0.717, 1.165) is 5.56 Å². The first-order valence-electron chi connectivity index (χ1n) is 4.86. The molecule has 1 amide bonds. The summed E-state index contributed by atoms with van der Waals surface area (Å²) in [4.78, 5) is 19.1. The van der Waals surface area contributed by atoms with E-state index in [1.54, 1.807) is 19.1 Å². The molecule has 0 aromatic heterocycles. The minimum Gasteiger partial charge on any atom is -0.397 e. The third kappa shape index (κ3) is 1.79. The van der Waals surface area contributed by atoms with Crippen LogP contribution in [0.4, 0.5) is 11.4 Å². The largest absolute Gasteiger partial charge is 0.397 e. The van der Waals surface area contributed by atoms with Crippen molar-refractivity contribution in [2.24, 2.45) is 9.98 Å². The number of hydrogen-bond donors (Lipinski definition) is 2. The molecule has 1 aliphatic rings. The molecule has 0 radical (unpaired) electrons. The Morgan fingerprint density at radius 3 is 2.62 bits per heavy atom. The summed E-state index contributed by atoms with van der Waals surface area (Å²) in [6.45, 7) is 1.85. The molecule has 0 fully saturated rings. The van der Waals surface area contributed by atoms with Gasteiger partial charge in [-0.1, -0.05) is 6.07 Å². The Balaban J connectivity index is 2.42. The number of anilines is 2. The van der Waals surface area contributed by atoms with Crippen molar-refractivity contribution in [2.75, 3.05) is 18.0 Å². The van der Waals surface area contributed by atoms with E-state index in [2.05, 4.69) is 9.98 Å². The lowest BCUT2D eigenvalue weighted by molar-refractivity contribution is -0.116. The van der Waals surface area contributed by atoms with Gasteiger partial charge in [0.05, 0.1) is 22.8 Å². The average Bonchev–Trinajstić information content (AvgIpc) is 2.22. The maximum atomic E-state index is 11.0. The van der Waals surface area contributed by atoms with Crippen LogP contribution in [-0.2, 0) is 4.79 Å². The van der Waals surface area contributed by atoms with Crippen molar-refractivity contribution in [3.63, 3.8) is 0 Å². The summed E-state index contributed by atoms with van der Waals surface area (Å²) < 4.78 is 0. The number of amides is 1. The molecule has 5 heteroatoms. The lowest BCUT2D eigenvalue weighted by Gasteiger charge is -2.11. The van der Waals surface area contributed by atoms with Gasteiger partial charge in [0.2, 0.25) is 0 Å². The smallest absolute Gasteiger partial charge is 0.267 e. The van der Waals surface area contributed by atoms with Gasteiger partial charge >= 0.3 is 0 Å². The molecule has 2 rings (SSSR count). The molecule has 16 heavy (non-hydrogen) atoms. The Morgan fingerprint density at radius 2 is 2.00 bits per heavy atom. The fourth-order valence-electron chi connectivity index (χ4n) is 1.56. The van der Waals surface area contributed by atoms with Crippen molar-refractivity contribution >= 4 is 28.7 Å². The Hall–Kier alpha value is -2.17. The van der Waals surface area contributed by atoms with Gasteiger partial charge in [-0.25, -0.2) is 4.99 Å². The second-order valence-corrected chi connectivity index (χ2v) is 3.60. The number of carbonyl (C=O) groups excluding carboxylic acids is 1. The molecular formula is C11H12N4O. The summed E-state index contributed by atoms with van der Waals surface area (Å²) in [5.41, 5.74) is 14.5. The average molecular weight is 216 g/mol. The Kier molecular flexibility index (Phi) is 2.44. The van der Waals surface area contributed by atoms with E-state index < -0.39 is 0 Å². The fraction of sp³-hybridized carbons (Fsp3) is 0.182. The maximum absolute atomic E-state index is 11.0. The highest BCUT2D eigenvalue weighted by Crippen LogP contribution is 2.18. The van der Waals surface area contributed by atoms with Gasteiger partial charge in [-0.3, -0.25) is 9.79 Å². The van der Waals surface area contributed by atoms with Gasteiger partial charge in [-0.05, 0) is 19.1 Å². The Morgan fingerprint density at radius 1 is 1.25 bits per heavy atom. The van der Waals surface area contributed by atoms with E-state index in [0.29, 0.717) is 22.8 Å².